The van der Waals surface area contributed by atoms with Gasteiger partial charge in [-0.15, -0.1) is 0 Å². The fraction of sp³-hybridized carbons (Fsp3) is 0.368. The molecule has 36 heavy (non-hydrogen) atoms. The van der Waals surface area contributed by atoms with Crippen LogP contribution in [0.4, 0.5) is 10.1 Å². The molecule has 6 N–H and O–H groups in total. The maximum atomic E-state index is 14.2. The van der Waals surface area contributed by atoms with Crippen LogP contribution in [0.1, 0.15) is 24.8 Å². The minimum absolute atomic E-state index is 0.00909. The average molecular weight is 567 g/mol. The van der Waals surface area contributed by atoms with Crippen molar-refractivity contribution in [2.75, 3.05) is 11.2 Å². The van der Waals surface area contributed by atoms with E-state index in [0.29, 0.717) is 16.6 Å². The van der Waals surface area contributed by atoms with Gasteiger partial charge in [0.05, 0.1) is 23.3 Å². The predicted octanol–water partition coefficient (Wildman–Crippen LogP) is 2.31. The number of rotatable bonds is 8. The predicted molar refractivity (Wildman–Crippen MR) is 125 cm³/mol. The number of ether oxygens (including phenoxy) is 1. The molecule has 3 heterocycles. The van der Waals surface area contributed by atoms with Crippen LogP contribution in [0.5, 0.6) is 0 Å². The zero-order chi connectivity index (χ0) is 26.4. The largest absolute Gasteiger partial charge is 0.385 e. The molecule has 0 saturated carbocycles. The SMILES string of the molecule is C[C@H](Nc1cc(Cl)nc2c1cnn2[C@@H]1O[C@H](OP(=O)(O)CP(=O)(O)O)[C@@H](O)[C@H]1O)c1ccccc1F. The highest BCUT2D eigenvalue weighted by Crippen LogP contribution is 2.57. The van der Waals surface area contributed by atoms with E-state index in [-0.39, 0.29) is 10.8 Å². The summed E-state index contributed by atoms with van der Waals surface area (Å²) in [7, 11) is -9.84. The van der Waals surface area contributed by atoms with Gasteiger partial charge in [0, 0.05) is 5.56 Å². The zero-order valence-corrected chi connectivity index (χ0v) is 21.0. The molecule has 1 unspecified atom stereocenters. The molecule has 0 amide bonds. The summed E-state index contributed by atoms with van der Waals surface area (Å²) in [4.78, 5) is 31.8. The number of aliphatic hydroxyl groups is 2. The van der Waals surface area contributed by atoms with Crippen molar-refractivity contribution in [1.82, 2.24) is 14.8 Å². The summed E-state index contributed by atoms with van der Waals surface area (Å²) in [5.74, 6) is -1.92. The van der Waals surface area contributed by atoms with Gasteiger partial charge in [-0.05, 0) is 19.1 Å². The molecule has 0 aliphatic carbocycles. The highest BCUT2D eigenvalue weighted by molar-refractivity contribution is 7.70. The Bertz CT molecular complexity index is 1370. The molecule has 4 rings (SSSR count). The second-order valence-electron chi connectivity index (χ2n) is 8.13. The van der Waals surface area contributed by atoms with Gasteiger partial charge in [0.25, 0.3) is 0 Å². The Balaban J connectivity index is 1.61. The molecule has 196 valence electrons. The molecule has 1 aliphatic heterocycles. The zero-order valence-electron chi connectivity index (χ0n) is 18.4. The van der Waals surface area contributed by atoms with Crippen LogP contribution in [0.25, 0.3) is 11.0 Å². The molecule has 0 spiro atoms. The summed E-state index contributed by atoms with van der Waals surface area (Å²) < 4.78 is 48.5. The standard InChI is InChI=1S/C19H22ClFN4O9P2/c1-9(10-4-2-3-5-12(10)21)23-13-6-14(20)24-17-11(13)7-22-25(17)18-15(26)16(27)19(33-18)34-36(31,32)8-35(28,29)30/h2-7,9,15-16,18-19,26-27H,8H2,1H3,(H,23,24)(H,31,32)(H2,28,29,30)/t9-,15+,16-,18+,19+/m0/s1. The quantitative estimate of drug-likeness (QED) is 0.172. The highest BCUT2D eigenvalue weighted by atomic mass is 35.5. The maximum absolute atomic E-state index is 14.2. The lowest BCUT2D eigenvalue weighted by molar-refractivity contribution is -0.130. The molecule has 1 saturated heterocycles. The van der Waals surface area contributed by atoms with Crippen LogP contribution in [-0.2, 0) is 18.4 Å². The first kappa shape index (κ1) is 27.1. The van der Waals surface area contributed by atoms with Gasteiger partial charge in [-0.3, -0.25) is 13.7 Å². The number of benzene rings is 1. The van der Waals surface area contributed by atoms with Crippen LogP contribution >= 0.6 is 26.8 Å². The van der Waals surface area contributed by atoms with Crippen molar-refractivity contribution in [3.05, 3.63) is 53.1 Å². The lowest BCUT2D eigenvalue weighted by Crippen LogP contribution is -2.32. The van der Waals surface area contributed by atoms with E-state index in [4.69, 9.17) is 30.6 Å². The molecule has 0 radical (unpaired) electrons. The molecule has 1 fully saturated rings. The molecule has 6 atom stereocenters. The van der Waals surface area contributed by atoms with E-state index >= 15 is 0 Å². The second kappa shape index (κ2) is 10.1. The first-order valence-electron chi connectivity index (χ1n) is 10.4. The maximum Gasteiger partial charge on any atom is 0.342 e. The van der Waals surface area contributed by atoms with E-state index < -0.39 is 57.7 Å². The lowest BCUT2D eigenvalue weighted by atomic mass is 10.1. The van der Waals surface area contributed by atoms with E-state index in [9.17, 15) is 28.6 Å². The Morgan fingerprint density at radius 2 is 1.94 bits per heavy atom. The van der Waals surface area contributed by atoms with Gasteiger partial charge in [0.15, 0.2) is 24.1 Å². The lowest BCUT2D eigenvalue weighted by Gasteiger charge is -2.19. The number of hydrogen-bond acceptors (Lipinski definition) is 9. The Labute approximate surface area is 208 Å². The van der Waals surface area contributed by atoms with Crippen LogP contribution in [0.3, 0.4) is 0 Å². The molecule has 17 heteroatoms. The smallest absolute Gasteiger partial charge is 0.342 e. The number of aromatic nitrogens is 3. The third-order valence-electron chi connectivity index (χ3n) is 5.35. The molecule has 2 aromatic heterocycles. The fourth-order valence-electron chi connectivity index (χ4n) is 3.78. The number of halogens is 2. The van der Waals surface area contributed by atoms with E-state index in [1.165, 1.54) is 18.3 Å². The van der Waals surface area contributed by atoms with Gasteiger partial charge < -0.3 is 34.9 Å². The Morgan fingerprint density at radius 3 is 2.61 bits per heavy atom. The number of aliphatic hydroxyl groups excluding tert-OH is 2. The Morgan fingerprint density at radius 1 is 1.25 bits per heavy atom. The average Bonchev–Trinajstić information content (AvgIpc) is 3.28. The van der Waals surface area contributed by atoms with Crippen molar-refractivity contribution in [2.45, 2.75) is 37.7 Å². The topological polar surface area (TPSA) is 196 Å². The summed E-state index contributed by atoms with van der Waals surface area (Å²) in [5, 5.41) is 28.4. The molecule has 0 bridgehead atoms. The monoisotopic (exact) mass is 566 g/mol. The number of nitrogens with one attached hydrogen (secondary N) is 1. The molecule has 3 aromatic rings. The van der Waals surface area contributed by atoms with Crippen molar-refractivity contribution < 1.29 is 47.7 Å². The molecular weight excluding hydrogens is 545 g/mol. The summed E-state index contributed by atoms with van der Waals surface area (Å²) >= 11 is 6.18. The first-order valence-corrected chi connectivity index (χ1v) is 14.3. The second-order valence-corrected chi connectivity index (χ2v) is 12.5. The van der Waals surface area contributed by atoms with E-state index in [1.807, 2.05) is 0 Å². The highest BCUT2D eigenvalue weighted by Gasteiger charge is 2.49. The van der Waals surface area contributed by atoms with Gasteiger partial charge in [-0.1, -0.05) is 29.8 Å². The van der Waals surface area contributed by atoms with Crippen molar-refractivity contribution in [2.24, 2.45) is 0 Å². The van der Waals surface area contributed by atoms with Crippen LogP contribution in [0, 0.1) is 5.82 Å². The van der Waals surface area contributed by atoms with Crippen LogP contribution in [-0.4, -0.2) is 64.1 Å². The third kappa shape index (κ3) is 5.79. The van der Waals surface area contributed by atoms with Crippen molar-refractivity contribution in [3.8, 4) is 0 Å². The molecular formula is C19H22ClFN4O9P2. The van der Waals surface area contributed by atoms with Crippen LogP contribution in [0.15, 0.2) is 36.5 Å². The number of fused-ring (bicyclic) bond motifs is 1. The number of hydrogen-bond donors (Lipinski definition) is 6. The summed E-state index contributed by atoms with van der Waals surface area (Å²) in [6, 6.07) is 7.21. The van der Waals surface area contributed by atoms with Crippen molar-refractivity contribution in [1.29, 1.82) is 0 Å². The van der Waals surface area contributed by atoms with Gasteiger partial charge in [-0.2, -0.15) is 5.10 Å². The number of anilines is 1. The van der Waals surface area contributed by atoms with E-state index in [0.717, 1.165) is 4.68 Å². The summed E-state index contributed by atoms with van der Waals surface area (Å²) in [6.45, 7) is 1.73. The summed E-state index contributed by atoms with van der Waals surface area (Å²) in [5.41, 5.74) is 0.909. The normalized spacial score (nSPS) is 25.1. The van der Waals surface area contributed by atoms with Crippen molar-refractivity contribution >= 4 is 43.5 Å². The molecule has 1 aliphatic rings. The summed E-state index contributed by atoms with van der Waals surface area (Å²) in [6.07, 6.45) is -5.63. The number of pyridine rings is 1. The van der Waals surface area contributed by atoms with E-state index in [2.05, 4.69) is 15.4 Å². The Kier molecular flexibility index (Phi) is 7.58. The first-order chi connectivity index (χ1) is 16.8. The number of nitrogens with zero attached hydrogens (tertiary/aromatic N) is 3. The minimum atomic E-state index is -4.93. The Hall–Kier alpha value is -1.96. The van der Waals surface area contributed by atoms with Gasteiger partial charge in [0.1, 0.15) is 23.2 Å². The minimum Gasteiger partial charge on any atom is -0.385 e. The van der Waals surface area contributed by atoms with Gasteiger partial charge in [-0.25, -0.2) is 14.1 Å². The third-order valence-corrected chi connectivity index (χ3v) is 8.98. The van der Waals surface area contributed by atoms with Crippen molar-refractivity contribution in [3.63, 3.8) is 0 Å². The van der Waals surface area contributed by atoms with Crippen LogP contribution in [0.2, 0.25) is 5.15 Å². The fourth-order valence-corrected chi connectivity index (χ4v) is 6.59. The molecule has 13 nitrogen and oxygen atoms in total. The molecule has 1 aromatic carbocycles. The van der Waals surface area contributed by atoms with Gasteiger partial charge in [0.2, 0.25) is 0 Å². The van der Waals surface area contributed by atoms with E-state index in [1.54, 1.807) is 25.1 Å². The van der Waals surface area contributed by atoms with Gasteiger partial charge >= 0.3 is 15.2 Å². The van der Waals surface area contributed by atoms with Crippen LogP contribution < -0.4 is 5.32 Å².